The Kier molecular flexibility index (Phi) is 4.44. The lowest BCUT2D eigenvalue weighted by atomic mass is 10.1. The van der Waals surface area contributed by atoms with Gasteiger partial charge in [0.25, 0.3) is 0 Å². The SMILES string of the molecule is Cc1ccc(F)c(N2C(=O)CS[C@H]2c2cccc(NC(=O)C3CC3)c2)c1. The molecular formula is C20H19FN2O2S. The minimum absolute atomic E-state index is 0.0406. The van der Waals surface area contributed by atoms with Gasteiger partial charge in [0.05, 0.1) is 11.4 Å². The summed E-state index contributed by atoms with van der Waals surface area (Å²) < 4.78 is 14.4. The van der Waals surface area contributed by atoms with Gasteiger partial charge in [-0.05, 0) is 55.2 Å². The molecule has 1 aliphatic carbocycles. The summed E-state index contributed by atoms with van der Waals surface area (Å²) in [4.78, 5) is 26.0. The Bertz CT molecular complexity index is 882. The second-order valence-corrected chi connectivity index (χ2v) is 7.84. The van der Waals surface area contributed by atoms with E-state index in [2.05, 4.69) is 5.32 Å². The molecule has 134 valence electrons. The number of aryl methyl sites for hydroxylation is 1. The Hall–Kier alpha value is -2.34. The number of nitrogens with one attached hydrogen (secondary N) is 1. The number of halogens is 1. The van der Waals surface area contributed by atoms with Gasteiger partial charge in [0.2, 0.25) is 11.8 Å². The first kappa shape index (κ1) is 17.1. The molecule has 0 unspecified atom stereocenters. The number of anilines is 2. The van der Waals surface area contributed by atoms with Gasteiger partial charge in [-0.15, -0.1) is 11.8 Å². The van der Waals surface area contributed by atoms with Crippen molar-refractivity contribution in [1.29, 1.82) is 0 Å². The molecule has 26 heavy (non-hydrogen) atoms. The molecule has 0 spiro atoms. The van der Waals surface area contributed by atoms with Crippen LogP contribution in [0, 0.1) is 18.7 Å². The van der Waals surface area contributed by atoms with Crippen molar-refractivity contribution in [1.82, 2.24) is 0 Å². The van der Waals surface area contributed by atoms with Crippen molar-refractivity contribution in [2.24, 2.45) is 5.92 Å². The quantitative estimate of drug-likeness (QED) is 0.875. The van der Waals surface area contributed by atoms with E-state index in [1.54, 1.807) is 12.1 Å². The van der Waals surface area contributed by atoms with Crippen LogP contribution in [0.25, 0.3) is 0 Å². The summed E-state index contributed by atoms with van der Waals surface area (Å²) in [6, 6.07) is 12.3. The van der Waals surface area contributed by atoms with Crippen LogP contribution in [0.2, 0.25) is 0 Å². The largest absolute Gasteiger partial charge is 0.326 e. The normalized spacial score (nSPS) is 19.7. The van der Waals surface area contributed by atoms with Gasteiger partial charge in [-0.25, -0.2) is 4.39 Å². The van der Waals surface area contributed by atoms with Crippen LogP contribution in [0.5, 0.6) is 0 Å². The third-order valence-corrected chi connectivity index (χ3v) is 5.83. The molecule has 4 nitrogen and oxygen atoms in total. The Morgan fingerprint density at radius 1 is 1.23 bits per heavy atom. The maximum absolute atomic E-state index is 14.4. The molecule has 1 saturated carbocycles. The van der Waals surface area contributed by atoms with Crippen LogP contribution in [0.3, 0.4) is 0 Å². The van der Waals surface area contributed by atoms with Gasteiger partial charge in [-0.2, -0.15) is 0 Å². The van der Waals surface area contributed by atoms with Crippen molar-refractivity contribution >= 4 is 35.0 Å². The molecule has 6 heteroatoms. The van der Waals surface area contributed by atoms with Crippen molar-refractivity contribution in [2.75, 3.05) is 16.0 Å². The van der Waals surface area contributed by atoms with Crippen LogP contribution in [0.4, 0.5) is 15.8 Å². The van der Waals surface area contributed by atoms with E-state index in [-0.39, 0.29) is 23.1 Å². The lowest BCUT2D eigenvalue weighted by molar-refractivity contribution is -0.117. The number of benzene rings is 2. The standard InChI is InChI=1S/C20H19FN2O2S/c1-12-5-8-16(21)17(9-12)23-18(24)11-26-20(23)14-3-2-4-15(10-14)22-19(25)13-6-7-13/h2-5,8-10,13,20H,6-7,11H2,1H3,(H,22,25)/t20-/m0/s1. The fraction of sp³-hybridized carbons (Fsp3) is 0.300. The number of rotatable bonds is 4. The highest BCUT2D eigenvalue weighted by atomic mass is 32.2. The van der Waals surface area contributed by atoms with Crippen molar-refractivity contribution < 1.29 is 14.0 Å². The smallest absolute Gasteiger partial charge is 0.238 e. The van der Waals surface area contributed by atoms with Crippen LogP contribution >= 0.6 is 11.8 Å². The van der Waals surface area contributed by atoms with E-state index in [4.69, 9.17) is 0 Å². The minimum atomic E-state index is -0.408. The summed E-state index contributed by atoms with van der Waals surface area (Å²) in [5, 5.41) is 2.62. The molecule has 4 rings (SSSR count). The summed E-state index contributed by atoms with van der Waals surface area (Å²) in [6.45, 7) is 1.87. The van der Waals surface area contributed by atoms with Gasteiger partial charge in [0.15, 0.2) is 0 Å². The summed E-state index contributed by atoms with van der Waals surface area (Å²) in [5.74, 6) is -0.0547. The number of hydrogen-bond acceptors (Lipinski definition) is 3. The molecule has 2 aliphatic rings. The Morgan fingerprint density at radius 3 is 2.81 bits per heavy atom. The van der Waals surface area contributed by atoms with Crippen molar-refractivity contribution in [2.45, 2.75) is 25.1 Å². The number of nitrogens with zero attached hydrogens (tertiary/aromatic N) is 1. The molecule has 0 aromatic heterocycles. The highest BCUT2D eigenvalue weighted by Gasteiger charge is 2.36. The lowest BCUT2D eigenvalue weighted by Gasteiger charge is -2.25. The van der Waals surface area contributed by atoms with E-state index in [1.807, 2.05) is 31.2 Å². The topological polar surface area (TPSA) is 49.4 Å². The van der Waals surface area contributed by atoms with Crippen molar-refractivity contribution in [3.05, 3.63) is 59.4 Å². The Balaban J connectivity index is 1.64. The third kappa shape index (κ3) is 3.33. The molecule has 2 amide bonds. The second kappa shape index (κ2) is 6.76. The first-order valence-corrected chi connectivity index (χ1v) is 9.68. The van der Waals surface area contributed by atoms with Gasteiger partial charge in [0, 0.05) is 11.6 Å². The predicted molar refractivity (Wildman–Crippen MR) is 102 cm³/mol. The number of carbonyl (C=O) groups is 2. The summed E-state index contributed by atoms with van der Waals surface area (Å²) in [5.41, 5.74) is 2.78. The van der Waals surface area contributed by atoms with Crippen molar-refractivity contribution in [3.8, 4) is 0 Å². The van der Waals surface area contributed by atoms with E-state index in [0.717, 1.165) is 24.0 Å². The van der Waals surface area contributed by atoms with Gasteiger partial charge in [-0.3, -0.25) is 14.5 Å². The molecule has 0 bridgehead atoms. The van der Waals surface area contributed by atoms with Crippen molar-refractivity contribution in [3.63, 3.8) is 0 Å². The van der Waals surface area contributed by atoms with Gasteiger partial charge in [0.1, 0.15) is 11.2 Å². The maximum Gasteiger partial charge on any atom is 0.238 e. The van der Waals surface area contributed by atoms with Crippen LogP contribution in [-0.2, 0) is 9.59 Å². The Labute approximate surface area is 155 Å². The molecule has 1 atom stereocenters. The van der Waals surface area contributed by atoms with E-state index >= 15 is 0 Å². The van der Waals surface area contributed by atoms with Gasteiger partial charge >= 0.3 is 0 Å². The molecule has 0 radical (unpaired) electrons. The van der Waals surface area contributed by atoms with Crippen LogP contribution in [-0.4, -0.2) is 17.6 Å². The lowest BCUT2D eigenvalue weighted by Crippen LogP contribution is -2.28. The third-order valence-electron chi connectivity index (χ3n) is 4.62. The molecule has 2 aromatic rings. The molecule has 2 fully saturated rings. The average Bonchev–Trinajstić information content (AvgIpc) is 3.40. The zero-order valence-corrected chi connectivity index (χ0v) is 15.2. The molecule has 1 heterocycles. The molecule has 1 saturated heterocycles. The summed E-state index contributed by atoms with van der Waals surface area (Å²) in [6.07, 6.45) is 1.89. The van der Waals surface area contributed by atoms with Gasteiger partial charge < -0.3 is 5.32 Å². The summed E-state index contributed by atoms with van der Waals surface area (Å²) in [7, 11) is 0. The monoisotopic (exact) mass is 370 g/mol. The fourth-order valence-electron chi connectivity index (χ4n) is 3.10. The molecule has 1 aliphatic heterocycles. The van der Waals surface area contributed by atoms with E-state index in [0.29, 0.717) is 17.1 Å². The highest BCUT2D eigenvalue weighted by Crippen LogP contribution is 2.43. The zero-order chi connectivity index (χ0) is 18.3. The minimum Gasteiger partial charge on any atom is -0.326 e. The fourth-order valence-corrected chi connectivity index (χ4v) is 4.26. The first-order chi connectivity index (χ1) is 12.5. The summed E-state index contributed by atoms with van der Waals surface area (Å²) >= 11 is 1.46. The average molecular weight is 370 g/mol. The van der Waals surface area contributed by atoms with E-state index in [1.165, 1.54) is 22.7 Å². The maximum atomic E-state index is 14.4. The number of hydrogen-bond donors (Lipinski definition) is 1. The van der Waals surface area contributed by atoms with Crippen LogP contribution in [0.15, 0.2) is 42.5 Å². The number of carbonyl (C=O) groups excluding carboxylic acids is 2. The highest BCUT2D eigenvalue weighted by molar-refractivity contribution is 8.00. The molecule has 2 aromatic carbocycles. The first-order valence-electron chi connectivity index (χ1n) is 8.63. The Morgan fingerprint density at radius 2 is 2.04 bits per heavy atom. The van der Waals surface area contributed by atoms with E-state index < -0.39 is 5.82 Å². The predicted octanol–water partition coefficient (Wildman–Crippen LogP) is 4.26. The number of thioether (sulfide) groups is 1. The molecular weight excluding hydrogens is 351 g/mol. The van der Waals surface area contributed by atoms with Crippen LogP contribution < -0.4 is 10.2 Å². The second-order valence-electron chi connectivity index (χ2n) is 6.77. The van der Waals surface area contributed by atoms with Gasteiger partial charge in [-0.1, -0.05) is 18.2 Å². The zero-order valence-electron chi connectivity index (χ0n) is 14.4. The number of amides is 2. The van der Waals surface area contributed by atoms with E-state index in [9.17, 15) is 14.0 Å². The molecule has 1 N–H and O–H groups in total. The van der Waals surface area contributed by atoms with Crippen LogP contribution in [0.1, 0.15) is 29.3 Å².